The summed E-state index contributed by atoms with van der Waals surface area (Å²) < 4.78 is 75.6. The van der Waals surface area contributed by atoms with Gasteiger partial charge in [-0.1, -0.05) is 0 Å². The molecule has 0 saturated carbocycles. The van der Waals surface area contributed by atoms with Crippen molar-refractivity contribution >= 4 is 41.5 Å². The molecular weight excluding hydrogens is 392 g/mol. The molecule has 10 heteroatoms. The molecule has 1 fully saturated rings. The third-order valence-electron chi connectivity index (χ3n) is 3.20. The minimum atomic E-state index is -3.98. The van der Waals surface area contributed by atoms with Gasteiger partial charge in [0.25, 0.3) is 0 Å². The van der Waals surface area contributed by atoms with E-state index in [9.17, 15) is 25.6 Å². The fourth-order valence-electron chi connectivity index (χ4n) is 2.02. The second kappa shape index (κ2) is 5.81. The van der Waals surface area contributed by atoms with Gasteiger partial charge in [0.2, 0.25) is 10.0 Å². The Hall–Kier alpha value is -0.740. The Bertz CT molecular complexity index is 751. The summed E-state index contributed by atoms with van der Waals surface area (Å²) in [7, 11) is -7.18. The van der Waals surface area contributed by atoms with Crippen molar-refractivity contribution in [1.82, 2.24) is 0 Å². The summed E-state index contributed by atoms with van der Waals surface area (Å²) in [5, 5.41) is -0.938. The summed E-state index contributed by atoms with van der Waals surface area (Å²) in [6, 6.07) is 1.55. The van der Waals surface area contributed by atoms with Gasteiger partial charge in [-0.05, 0) is 34.8 Å². The van der Waals surface area contributed by atoms with Crippen molar-refractivity contribution in [3.8, 4) is 0 Å². The summed E-state index contributed by atoms with van der Waals surface area (Å²) in [5.41, 5.74) is -0.496. The van der Waals surface area contributed by atoms with Crippen LogP contribution >= 0.6 is 15.9 Å². The number of sulfonamides is 1. The summed E-state index contributed by atoms with van der Waals surface area (Å²) in [4.78, 5) is 0. The molecule has 1 aromatic rings. The molecule has 21 heavy (non-hydrogen) atoms. The zero-order valence-electron chi connectivity index (χ0n) is 10.6. The highest BCUT2D eigenvalue weighted by Crippen LogP contribution is 2.26. The quantitative estimate of drug-likeness (QED) is 0.783. The molecule has 0 unspecified atom stereocenters. The second-order valence-corrected chi connectivity index (χ2v) is 9.86. The Morgan fingerprint density at radius 1 is 1.14 bits per heavy atom. The maximum Gasteiger partial charge on any atom is 0.235 e. The zero-order chi connectivity index (χ0) is 15.8. The predicted molar refractivity (Wildman–Crippen MR) is 78.3 cm³/mol. The van der Waals surface area contributed by atoms with Crippen LogP contribution in [0.4, 0.5) is 14.5 Å². The van der Waals surface area contributed by atoms with Crippen LogP contribution in [-0.4, -0.2) is 33.6 Å². The van der Waals surface area contributed by atoms with E-state index in [1.165, 1.54) is 0 Å². The highest BCUT2D eigenvalue weighted by molar-refractivity contribution is 9.10. The molecule has 118 valence electrons. The van der Waals surface area contributed by atoms with Crippen molar-refractivity contribution in [1.29, 1.82) is 0 Å². The van der Waals surface area contributed by atoms with Crippen LogP contribution in [0.3, 0.4) is 0 Å². The van der Waals surface area contributed by atoms with E-state index in [0.717, 1.165) is 12.1 Å². The number of sulfone groups is 1. The molecule has 5 nitrogen and oxygen atoms in total. The fourth-order valence-corrected chi connectivity index (χ4v) is 5.61. The van der Waals surface area contributed by atoms with E-state index in [1.54, 1.807) is 0 Å². The Balaban J connectivity index is 2.21. The first kappa shape index (κ1) is 16.6. The lowest BCUT2D eigenvalue weighted by molar-refractivity contribution is 0.554. The van der Waals surface area contributed by atoms with Gasteiger partial charge in [0.1, 0.15) is 21.5 Å². The third kappa shape index (κ3) is 3.92. The molecule has 1 aliphatic heterocycles. The lowest BCUT2D eigenvalue weighted by Gasteiger charge is -2.22. The van der Waals surface area contributed by atoms with Crippen LogP contribution in [0.2, 0.25) is 0 Å². The van der Waals surface area contributed by atoms with E-state index in [4.69, 9.17) is 0 Å². The maximum absolute atomic E-state index is 13.6. The summed E-state index contributed by atoms with van der Waals surface area (Å²) in [6.45, 7) is 0. The average molecular weight is 404 g/mol. The van der Waals surface area contributed by atoms with Gasteiger partial charge in [0.15, 0.2) is 0 Å². The van der Waals surface area contributed by atoms with Crippen LogP contribution in [0.25, 0.3) is 0 Å². The molecule has 2 rings (SSSR count). The monoisotopic (exact) mass is 403 g/mol. The second-order valence-electron chi connectivity index (χ2n) is 4.74. The molecule has 0 bridgehead atoms. The zero-order valence-corrected chi connectivity index (χ0v) is 13.9. The number of hydrogen-bond acceptors (Lipinski definition) is 4. The maximum atomic E-state index is 13.6. The number of hydrogen-bond donors (Lipinski definition) is 1. The number of rotatable bonds is 3. The number of anilines is 1. The van der Waals surface area contributed by atoms with Crippen LogP contribution in [0, 0.1) is 11.6 Å². The van der Waals surface area contributed by atoms with Crippen molar-refractivity contribution in [2.45, 2.75) is 18.1 Å². The van der Waals surface area contributed by atoms with E-state index in [2.05, 4.69) is 15.9 Å². The van der Waals surface area contributed by atoms with Crippen LogP contribution in [-0.2, 0) is 19.9 Å². The van der Waals surface area contributed by atoms with Gasteiger partial charge < -0.3 is 0 Å². The molecule has 0 spiro atoms. The normalized spacial score (nSPS) is 19.4. The van der Waals surface area contributed by atoms with E-state index in [-0.39, 0.29) is 28.8 Å². The summed E-state index contributed by atoms with van der Waals surface area (Å²) >= 11 is 2.79. The van der Waals surface area contributed by atoms with Crippen molar-refractivity contribution in [2.24, 2.45) is 0 Å². The topological polar surface area (TPSA) is 80.3 Å². The molecule has 1 heterocycles. The highest BCUT2D eigenvalue weighted by atomic mass is 79.9. The van der Waals surface area contributed by atoms with E-state index < -0.39 is 42.4 Å². The largest absolute Gasteiger partial charge is 0.280 e. The van der Waals surface area contributed by atoms with Gasteiger partial charge in [-0.2, -0.15) is 0 Å². The molecule has 0 amide bonds. The molecule has 1 aromatic carbocycles. The van der Waals surface area contributed by atoms with Crippen LogP contribution in [0.1, 0.15) is 12.8 Å². The minimum absolute atomic E-state index is 0.0572. The lowest BCUT2D eigenvalue weighted by atomic mass is 10.2. The summed E-state index contributed by atoms with van der Waals surface area (Å²) in [6.07, 6.45) is -0.114. The highest BCUT2D eigenvalue weighted by Gasteiger charge is 2.33. The smallest absolute Gasteiger partial charge is 0.235 e. The number of benzene rings is 1. The average Bonchev–Trinajstić information content (AvgIpc) is 2.35. The van der Waals surface area contributed by atoms with Crippen molar-refractivity contribution in [3.05, 3.63) is 28.2 Å². The standard InChI is InChI=1S/C11H12BrF2NO4S2/c12-8-5-10(14)11(6-9(8)13)15-21(18,19)7-1-3-20(16,17)4-2-7/h5-7,15H,1-4H2. The van der Waals surface area contributed by atoms with Crippen LogP contribution in [0.15, 0.2) is 16.6 Å². The van der Waals surface area contributed by atoms with E-state index in [1.807, 2.05) is 4.72 Å². The molecular formula is C11H12BrF2NO4S2. The van der Waals surface area contributed by atoms with Gasteiger partial charge in [0, 0.05) is 6.07 Å². The first-order valence-electron chi connectivity index (χ1n) is 5.97. The Morgan fingerprint density at radius 3 is 2.29 bits per heavy atom. The SMILES string of the molecule is O=S1(=O)CCC(S(=O)(=O)Nc2cc(F)c(Br)cc2F)CC1. The molecule has 0 radical (unpaired) electrons. The van der Waals surface area contributed by atoms with Crippen LogP contribution < -0.4 is 4.72 Å². The first-order valence-corrected chi connectivity index (χ1v) is 10.1. The fraction of sp³-hybridized carbons (Fsp3) is 0.455. The van der Waals surface area contributed by atoms with Gasteiger partial charge in [-0.3, -0.25) is 4.72 Å². The van der Waals surface area contributed by atoms with Gasteiger partial charge in [-0.25, -0.2) is 25.6 Å². The predicted octanol–water partition coefficient (Wildman–Crippen LogP) is 2.05. The van der Waals surface area contributed by atoms with Crippen molar-refractivity contribution in [2.75, 3.05) is 16.2 Å². The molecule has 0 atom stereocenters. The Morgan fingerprint density at radius 2 is 1.71 bits per heavy atom. The third-order valence-corrected chi connectivity index (χ3v) is 7.38. The number of nitrogens with one attached hydrogen (secondary N) is 1. The molecule has 1 N–H and O–H groups in total. The van der Waals surface area contributed by atoms with E-state index >= 15 is 0 Å². The van der Waals surface area contributed by atoms with Crippen molar-refractivity contribution in [3.63, 3.8) is 0 Å². The van der Waals surface area contributed by atoms with E-state index in [0.29, 0.717) is 0 Å². The van der Waals surface area contributed by atoms with Gasteiger partial charge in [-0.15, -0.1) is 0 Å². The molecule has 1 aliphatic rings. The van der Waals surface area contributed by atoms with Crippen LogP contribution in [0.5, 0.6) is 0 Å². The Labute approximate surface area is 129 Å². The first-order chi connectivity index (χ1) is 9.61. The molecule has 0 aliphatic carbocycles. The van der Waals surface area contributed by atoms with Crippen molar-refractivity contribution < 1.29 is 25.6 Å². The Kier molecular flexibility index (Phi) is 4.60. The van der Waals surface area contributed by atoms with Gasteiger partial charge >= 0.3 is 0 Å². The molecule has 0 aromatic heterocycles. The number of halogens is 3. The molecule has 1 saturated heterocycles. The summed E-state index contributed by atoms with van der Waals surface area (Å²) in [5.74, 6) is -2.18. The lowest BCUT2D eigenvalue weighted by Crippen LogP contribution is -2.36. The van der Waals surface area contributed by atoms with Gasteiger partial charge in [0.05, 0.1) is 26.9 Å². The minimum Gasteiger partial charge on any atom is -0.280 e.